The van der Waals surface area contributed by atoms with Gasteiger partial charge in [-0.2, -0.15) is 13.2 Å². The number of halogens is 3. The number of benzene rings is 1. The van der Waals surface area contributed by atoms with E-state index >= 15 is 0 Å². The van der Waals surface area contributed by atoms with Crippen molar-refractivity contribution in [3.05, 3.63) is 59.3 Å². The standard InChI is InChI=1S/C17H17F3N2O2/c1-2-24-16-13(4-3-9-21-16)11-22-15(23)10-12-5-7-14(8-6-12)17(18,19)20/h3-9H,2,10-11H2,1H3,(H,22,23). The van der Waals surface area contributed by atoms with Crippen LogP contribution in [0.4, 0.5) is 13.2 Å². The number of hydrogen-bond donors (Lipinski definition) is 1. The van der Waals surface area contributed by atoms with Gasteiger partial charge in [0.25, 0.3) is 0 Å². The molecule has 0 unspecified atom stereocenters. The van der Waals surface area contributed by atoms with E-state index in [0.29, 0.717) is 18.1 Å². The molecule has 0 spiro atoms. The highest BCUT2D eigenvalue weighted by atomic mass is 19.4. The number of nitrogens with zero attached hydrogens (tertiary/aromatic N) is 1. The summed E-state index contributed by atoms with van der Waals surface area (Å²) in [6.45, 7) is 2.54. The number of amides is 1. The first-order chi connectivity index (χ1) is 11.4. The molecule has 24 heavy (non-hydrogen) atoms. The van der Waals surface area contributed by atoms with Crippen molar-refractivity contribution in [2.24, 2.45) is 0 Å². The molecule has 0 aliphatic heterocycles. The fraction of sp³-hybridized carbons (Fsp3) is 0.294. The number of hydrogen-bond acceptors (Lipinski definition) is 3. The second kappa shape index (κ2) is 7.81. The summed E-state index contributed by atoms with van der Waals surface area (Å²) in [5, 5.41) is 2.71. The predicted octanol–water partition coefficient (Wildman–Crippen LogP) is 3.36. The van der Waals surface area contributed by atoms with Crippen molar-refractivity contribution in [3.8, 4) is 5.88 Å². The van der Waals surface area contributed by atoms with E-state index in [2.05, 4.69) is 10.3 Å². The highest BCUT2D eigenvalue weighted by molar-refractivity contribution is 5.78. The minimum Gasteiger partial charge on any atom is -0.478 e. The third kappa shape index (κ3) is 4.97. The third-order valence-electron chi connectivity index (χ3n) is 3.25. The van der Waals surface area contributed by atoms with Crippen LogP contribution >= 0.6 is 0 Å². The van der Waals surface area contributed by atoms with E-state index in [-0.39, 0.29) is 18.9 Å². The first-order valence-corrected chi connectivity index (χ1v) is 7.39. The van der Waals surface area contributed by atoms with Gasteiger partial charge in [0.1, 0.15) is 0 Å². The molecule has 0 saturated carbocycles. The number of rotatable bonds is 6. The molecule has 2 rings (SSSR count). The summed E-state index contributed by atoms with van der Waals surface area (Å²) in [6.07, 6.45) is -2.78. The summed E-state index contributed by atoms with van der Waals surface area (Å²) >= 11 is 0. The summed E-state index contributed by atoms with van der Waals surface area (Å²) in [4.78, 5) is 16.0. The number of aromatic nitrogens is 1. The molecule has 0 fully saturated rings. The molecular formula is C17H17F3N2O2. The molecule has 0 radical (unpaired) electrons. The summed E-state index contributed by atoms with van der Waals surface area (Å²) < 4.78 is 42.8. The highest BCUT2D eigenvalue weighted by Gasteiger charge is 2.29. The van der Waals surface area contributed by atoms with E-state index in [1.807, 2.05) is 6.92 Å². The molecule has 2 aromatic rings. The maximum Gasteiger partial charge on any atom is 0.416 e. The van der Waals surface area contributed by atoms with Gasteiger partial charge in [0, 0.05) is 18.3 Å². The van der Waals surface area contributed by atoms with Crippen molar-refractivity contribution in [2.45, 2.75) is 26.1 Å². The Hall–Kier alpha value is -2.57. The van der Waals surface area contributed by atoms with Crippen LogP contribution in [0, 0.1) is 0 Å². The van der Waals surface area contributed by atoms with Gasteiger partial charge in [-0.1, -0.05) is 18.2 Å². The Kier molecular flexibility index (Phi) is 5.78. The van der Waals surface area contributed by atoms with E-state index in [4.69, 9.17) is 4.74 Å². The quantitative estimate of drug-likeness (QED) is 0.879. The van der Waals surface area contributed by atoms with Gasteiger partial charge in [0.05, 0.1) is 18.6 Å². The minimum atomic E-state index is -4.38. The minimum absolute atomic E-state index is 0.00235. The molecule has 0 aliphatic rings. The number of carbonyl (C=O) groups excluding carboxylic acids is 1. The molecule has 1 N–H and O–H groups in total. The Morgan fingerprint density at radius 3 is 2.54 bits per heavy atom. The average molecular weight is 338 g/mol. The van der Waals surface area contributed by atoms with Gasteiger partial charge < -0.3 is 10.1 Å². The molecule has 1 heterocycles. The number of alkyl halides is 3. The second-order valence-electron chi connectivity index (χ2n) is 5.05. The molecule has 0 aliphatic carbocycles. The van der Waals surface area contributed by atoms with Gasteiger partial charge in [-0.05, 0) is 30.7 Å². The Morgan fingerprint density at radius 1 is 1.21 bits per heavy atom. The number of carbonyl (C=O) groups is 1. The first-order valence-electron chi connectivity index (χ1n) is 7.39. The lowest BCUT2D eigenvalue weighted by atomic mass is 10.1. The van der Waals surface area contributed by atoms with Crippen molar-refractivity contribution >= 4 is 5.91 Å². The number of ether oxygens (including phenoxy) is 1. The average Bonchev–Trinajstić information content (AvgIpc) is 2.54. The molecule has 0 bridgehead atoms. The van der Waals surface area contributed by atoms with Crippen LogP contribution < -0.4 is 10.1 Å². The fourth-order valence-electron chi connectivity index (χ4n) is 2.08. The molecule has 4 nitrogen and oxygen atoms in total. The summed E-state index contributed by atoms with van der Waals surface area (Å²) in [6, 6.07) is 8.07. The van der Waals surface area contributed by atoms with Gasteiger partial charge in [-0.15, -0.1) is 0 Å². The van der Waals surface area contributed by atoms with Gasteiger partial charge in [0.15, 0.2) is 0 Å². The monoisotopic (exact) mass is 338 g/mol. The van der Waals surface area contributed by atoms with Crippen molar-refractivity contribution in [2.75, 3.05) is 6.61 Å². The van der Waals surface area contributed by atoms with Crippen LogP contribution in [0.15, 0.2) is 42.6 Å². The lowest BCUT2D eigenvalue weighted by Gasteiger charge is -2.10. The van der Waals surface area contributed by atoms with E-state index in [1.165, 1.54) is 12.1 Å². The van der Waals surface area contributed by atoms with Crippen molar-refractivity contribution < 1.29 is 22.7 Å². The van der Waals surface area contributed by atoms with Gasteiger partial charge in [-0.3, -0.25) is 4.79 Å². The van der Waals surface area contributed by atoms with Crippen LogP contribution in [0.3, 0.4) is 0 Å². The fourth-order valence-corrected chi connectivity index (χ4v) is 2.08. The van der Waals surface area contributed by atoms with E-state index < -0.39 is 11.7 Å². The summed E-state index contributed by atoms with van der Waals surface area (Å²) in [5.41, 5.74) is 0.514. The maximum absolute atomic E-state index is 12.5. The number of nitrogens with one attached hydrogen (secondary N) is 1. The molecule has 128 valence electrons. The Bertz CT molecular complexity index is 685. The van der Waals surface area contributed by atoms with Crippen LogP contribution in [-0.4, -0.2) is 17.5 Å². The van der Waals surface area contributed by atoms with Crippen LogP contribution in [0.5, 0.6) is 5.88 Å². The van der Waals surface area contributed by atoms with Crippen molar-refractivity contribution in [3.63, 3.8) is 0 Å². The van der Waals surface area contributed by atoms with Crippen molar-refractivity contribution in [1.29, 1.82) is 0 Å². The second-order valence-corrected chi connectivity index (χ2v) is 5.05. The Morgan fingerprint density at radius 2 is 1.92 bits per heavy atom. The van der Waals surface area contributed by atoms with Crippen LogP contribution in [-0.2, 0) is 23.9 Å². The van der Waals surface area contributed by atoms with Crippen LogP contribution in [0.1, 0.15) is 23.6 Å². The lowest BCUT2D eigenvalue weighted by molar-refractivity contribution is -0.137. The zero-order valence-corrected chi connectivity index (χ0v) is 13.1. The van der Waals surface area contributed by atoms with E-state index in [1.54, 1.807) is 18.3 Å². The number of pyridine rings is 1. The maximum atomic E-state index is 12.5. The van der Waals surface area contributed by atoms with Crippen LogP contribution in [0.2, 0.25) is 0 Å². The molecule has 7 heteroatoms. The van der Waals surface area contributed by atoms with Crippen LogP contribution in [0.25, 0.3) is 0 Å². The summed E-state index contributed by atoms with van der Waals surface area (Å²) in [5.74, 6) is 0.163. The zero-order chi connectivity index (χ0) is 17.6. The van der Waals surface area contributed by atoms with E-state index in [9.17, 15) is 18.0 Å². The predicted molar refractivity (Wildman–Crippen MR) is 82.4 cm³/mol. The van der Waals surface area contributed by atoms with Crippen molar-refractivity contribution in [1.82, 2.24) is 10.3 Å². The molecule has 1 aromatic carbocycles. The first kappa shape index (κ1) is 17.8. The molecule has 0 saturated heterocycles. The van der Waals surface area contributed by atoms with E-state index in [0.717, 1.165) is 17.7 Å². The smallest absolute Gasteiger partial charge is 0.416 e. The third-order valence-corrected chi connectivity index (χ3v) is 3.25. The highest BCUT2D eigenvalue weighted by Crippen LogP contribution is 2.29. The normalized spacial score (nSPS) is 11.2. The molecule has 0 atom stereocenters. The molecule has 1 amide bonds. The zero-order valence-electron chi connectivity index (χ0n) is 13.1. The van der Waals surface area contributed by atoms with Gasteiger partial charge in [-0.25, -0.2) is 4.98 Å². The molecule has 1 aromatic heterocycles. The SMILES string of the molecule is CCOc1ncccc1CNC(=O)Cc1ccc(C(F)(F)F)cc1. The van der Waals surface area contributed by atoms with Gasteiger partial charge in [0.2, 0.25) is 11.8 Å². The lowest BCUT2D eigenvalue weighted by Crippen LogP contribution is -2.25. The Labute approximate surface area is 137 Å². The Balaban J connectivity index is 1.92. The topological polar surface area (TPSA) is 51.2 Å². The summed E-state index contributed by atoms with van der Waals surface area (Å²) in [7, 11) is 0. The van der Waals surface area contributed by atoms with Gasteiger partial charge >= 0.3 is 6.18 Å². The molecular weight excluding hydrogens is 321 g/mol. The largest absolute Gasteiger partial charge is 0.478 e.